The van der Waals surface area contributed by atoms with Crippen LogP contribution < -0.4 is 103 Å². The molecule has 75 heavy (non-hydrogen) atoms. The molecule has 0 amide bonds. The summed E-state index contributed by atoms with van der Waals surface area (Å²) in [5.41, 5.74) is 92.5. The predicted molar refractivity (Wildman–Crippen MR) is 256 cm³/mol. The lowest BCUT2D eigenvalue weighted by atomic mass is 10.9. The molecule has 57 heteroatoms. The van der Waals surface area contributed by atoms with Crippen molar-refractivity contribution in [3.05, 3.63) is 0 Å². The Morgan fingerprint density at radius 1 is 0.200 bits per heavy atom. The summed E-state index contributed by atoms with van der Waals surface area (Å²) in [6.07, 6.45) is 0. The lowest BCUT2D eigenvalue weighted by molar-refractivity contribution is 0.188. The van der Waals surface area contributed by atoms with Crippen LogP contribution in [0.2, 0.25) is 0 Å². The highest BCUT2D eigenvalue weighted by atomic mass is 31.3. The minimum Gasteiger partial charge on any atom is -0.368 e. The molecular formula is C18H43N36O16P5. The fraction of sp³-hybridized carbons (Fsp3) is 0. The number of aromatic nitrogens is 18. The van der Waals surface area contributed by atoms with Crippen molar-refractivity contribution < 1.29 is 74.3 Å². The maximum Gasteiger partial charge on any atom is 0.490 e. The molecule has 0 fully saturated rings. The van der Waals surface area contributed by atoms with Crippen LogP contribution in [0.3, 0.4) is 0 Å². The predicted octanol–water partition coefficient (Wildman–Crippen LogP) is -8.75. The molecule has 0 spiro atoms. The first-order valence-electron chi connectivity index (χ1n) is 17.0. The van der Waals surface area contributed by atoms with Crippen molar-refractivity contribution in [3.8, 4) is 0 Å². The lowest BCUT2D eigenvalue weighted by Gasteiger charge is -2.18. The SMILES string of the molecule is Nc1nc(N)nc(N)n1.Nc1nc(N)nc(N)n1.Nc1nc(N)nc(N)n1.Nc1nc(N)nc(N)n1.Nc1nc(N)nc(N)n1.Nc1nc(N)nc(N)n1.O=P(O)(O)OP(=O)(O)OP(=O)(O)OP(=O)(O)OP(=O)(O)O. The highest BCUT2D eigenvalue weighted by Gasteiger charge is 2.46. The second-order valence-corrected chi connectivity index (χ2v) is 18.6. The Morgan fingerprint density at radius 3 is 0.360 bits per heavy atom. The first kappa shape index (κ1) is 66.2. The smallest absolute Gasteiger partial charge is 0.368 e. The van der Waals surface area contributed by atoms with E-state index in [4.69, 9.17) is 137 Å². The summed E-state index contributed by atoms with van der Waals surface area (Å²) in [4.78, 5) is 122. The maximum absolute atomic E-state index is 11.0. The third-order valence-electron chi connectivity index (χ3n) is 4.96. The molecule has 0 saturated carbocycles. The second-order valence-electron chi connectivity index (χ2n) is 11.2. The number of anilines is 18. The number of nitrogen functional groups attached to an aromatic ring is 18. The van der Waals surface area contributed by atoms with Crippen LogP contribution in [0.25, 0.3) is 0 Å². The van der Waals surface area contributed by atoms with Gasteiger partial charge in [0.25, 0.3) is 0 Å². The van der Waals surface area contributed by atoms with Crippen molar-refractivity contribution in [2.45, 2.75) is 0 Å². The number of hydrogen-bond donors (Lipinski definition) is 25. The zero-order chi connectivity index (χ0) is 58.4. The number of rotatable bonds is 8. The molecule has 6 aromatic rings. The van der Waals surface area contributed by atoms with Crippen LogP contribution in [0.4, 0.5) is 107 Å². The summed E-state index contributed by atoms with van der Waals surface area (Å²) in [6.45, 7) is 0. The van der Waals surface area contributed by atoms with Gasteiger partial charge in [-0.2, -0.15) is 107 Å². The lowest BCUT2D eigenvalue weighted by Crippen LogP contribution is -2.05. The largest absolute Gasteiger partial charge is 0.490 e. The average molecular weight is 1170 g/mol. The highest BCUT2D eigenvalue weighted by molar-refractivity contribution is 7.71. The molecule has 0 radical (unpaired) electrons. The second kappa shape index (κ2) is 28.4. The summed E-state index contributed by atoms with van der Waals surface area (Å²) >= 11 is 0. The van der Waals surface area contributed by atoms with Crippen LogP contribution in [0.15, 0.2) is 0 Å². The number of hydrogen-bond acceptors (Lipinski definition) is 45. The molecule has 6 rings (SSSR count). The van der Waals surface area contributed by atoms with Crippen molar-refractivity contribution >= 4 is 146 Å². The van der Waals surface area contributed by atoms with E-state index in [9.17, 15) is 22.8 Å². The summed E-state index contributed by atoms with van der Waals surface area (Å²) in [6, 6.07) is 0. The molecular weight excluding hydrogens is 1130 g/mol. The fourth-order valence-corrected chi connectivity index (χ4v) is 8.54. The van der Waals surface area contributed by atoms with Gasteiger partial charge in [-0.05, 0) is 0 Å². The molecule has 0 bridgehead atoms. The van der Waals surface area contributed by atoms with Gasteiger partial charge in [-0.25, -0.2) is 22.8 Å². The van der Waals surface area contributed by atoms with Gasteiger partial charge in [-0.1, -0.05) is 0 Å². The number of nitrogens with two attached hydrogens (primary N) is 18. The summed E-state index contributed by atoms with van der Waals surface area (Å²) in [7, 11) is -29.3. The molecule has 2 atom stereocenters. The van der Waals surface area contributed by atoms with Gasteiger partial charge in [0.1, 0.15) is 0 Å². The maximum atomic E-state index is 11.0. The van der Waals surface area contributed by atoms with Crippen LogP contribution >= 0.6 is 39.1 Å². The van der Waals surface area contributed by atoms with Crippen molar-refractivity contribution in [2.75, 3.05) is 103 Å². The van der Waals surface area contributed by atoms with Crippen LogP contribution in [0.5, 0.6) is 0 Å². The van der Waals surface area contributed by atoms with Gasteiger partial charge in [0.2, 0.25) is 107 Å². The van der Waals surface area contributed by atoms with E-state index >= 15 is 0 Å². The minimum absolute atomic E-state index is 0.0417. The minimum atomic E-state index is -6.07. The normalized spacial score (nSPS) is 12.9. The Bertz CT molecular complexity index is 2350. The molecule has 52 nitrogen and oxygen atoms in total. The van der Waals surface area contributed by atoms with Gasteiger partial charge in [0.05, 0.1) is 0 Å². The molecule has 2 unspecified atom stereocenters. The van der Waals surface area contributed by atoms with Crippen molar-refractivity contribution in [1.82, 2.24) is 89.7 Å². The summed E-state index contributed by atoms with van der Waals surface area (Å²) in [5, 5.41) is 0. The quantitative estimate of drug-likeness (QED) is 0.0629. The van der Waals surface area contributed by atoms with Crippen LogP contribution in [0, 0.1) is 0 Å². The summed E-state index contributed by atoms with van der Waals surface area (Å²) < 4.78 is 65.6. The molecule has 43 N–H and O–H groups in total. The van der Waals surface area contributed by atoms with Crippen LogP contribution in [0.1, 0.15) is 0 Å². The van der Waals surface area contributed by atoms with Crippen LogP contribution in [-0.4, -0.2) is 124 Å². The Hall–Kier alpha value is -8.83. The van der Waals surface area contributed by atoms with Crippen LogP contribution in [-0.2, 0) is 40.1 Å². The van der Waals surface area contributed by atoms with Gasteiger partial charge in [-0.3, -0.25) is 0 Å². The molecule has 0 aromatic carbocycles. The van der Waals surface area contributed by atoms with Crippen molar-refractivity contribution in [2.24, 2.45) is 0 Å². The number of nitrogens with zero attached hydrogens (tertiary/aromatic N) is 18. The highest BCUT2D eigenvalue weighted by Crippen LogP contribution is 2.72. The molecule has 6 aromatic heterocycles. The molecule has 0 aliphatic heterocycles. The molecule has 0 aliphatic carbocycles. The Balaban J connectivity index is 0.000000880. The van der Waals surface area contributed by atoms with Gasteiger partial charge in [-0.15, -0.1) is 0 Å². The topological polar surface area (TPSA) is 964 Å². The monoisotopic (exact) mass is 1170 g/mol. The molecule has 0 saturated heterocycles. The third-order valence-corrected chi connectivity index (χ3v) is 11.6. The van der Waals surface area contributed by atoms with E-state index in [1.807, 2.05) is 0 Å². The van der Waals surface area contributed by atoms with Crippen molar-refractivity contribution in [1.29, 1.82) is 0 Å². The Labute approximate surface area is 413 Å². The van der Waals surface area contributed by atoms with E-state index in [-0.39, 0.29) is 107 Å². The van der Waals surface area contributed by atoms with E-state index in [0.717, 1.165) is 0 Å². The van der Waals surface area contributed by atoms with E-state index in [2.05, 4.69) is 107 Å². The van der Waals surface area contributed by atoms with Crippen molar-refractivity contribution in [3.63, 3.8) is 0 Å². The zero-order valence-corrected chi connectivity index (χ0v) is 41.0. The van der Waals surface area contributed by atoms with Gasteiger partial charge in [0.15, 0.2) is 0 Å². The molecule has 0 aliphatic rings. The summed E-state index contributed by atoms with van der Waals surface area (Å²) in [5.74, 6) is 0.750. The zero-order valence-electron chi connectivity index (χ0n) is 36.5. The van der Waals surface area contributed by atoms with E-state index < -0.39 is 39.1 Å². The fourth-order valence-electron chi connectivity index (χ4n) is 3.14. The average Bonchev–Trinajstić information content (AvgIpc) is 3.10. The molecule has 416 valence electrons. The van der Waals surface area contributed by atoms with Gasteiger partial charge >= 0.3 is 39.1 Å². The first-order chi connectivity index (χ1) is 33.9. The third kappa shape index (κ3) is 34.2. The van der Waals surface area contributed by atoms with E-state index in [1.165, 1.54) is 0 Å². The first-order valence-corrected chi connectivity index (χ1v) is 24.6. The molecule has 6 heterocycles. The standard InChI is InChI=1S/6C3H6N6.H7O16P5/c6*4-1-7-2(5)9-3(6)8-1;1-17(2,3)13-19(7,8)15-21(11,12)16-20(9,10)14-18(4,5)6/h6*(H6,4,5,6,7,8,9);(H,7,8)(H,9,10)(H,11,12)(H2,1,2,3)(H2,4,5,6). The van der Waals surface area contributed by atoms with Gasteiger partial charge in [0, 0.05) is 0 Å². The van der Waals surface area contributed by atoms with E-state index in [0.29, 0.717) is 0 Å². The Kier molecular flexibility index (Phi) is 25.1. The number of phosphoric acid groups is 5. The van der Waals surface area contributed by atoms with E-state index in [1.54, 1.807) is 0 Å². The van der Waals surface area contributed by atoms with Gasteiger partial charge < -0.3 is 137 Å². The Morgan fingerprint density at radius 2 is 0.280 bits per heavy atom.